The van der Waals surface area contributed by atoms with Crippen LogP contribution in [0.1, 0.15) is 114 Å². The number of aryl methyl sites for hydroxylation is 1. The average Bonchev–Trinajstić information content (AvgIpc) is 2.69. The molecule has 146 valence electrons. The predicted molar refractivity (Wildman–Crippen MR) is 110 cm³/mol. The minimum atomic E-state index is 0.616. The Kier molecular flexibility index (Phi) is 7.95. The summed E-state index contributed by atoms with van der Waals surface area (Å²) in [7, 11) is 0. The first-order valence-electron chi connectivity index (χ1n) is 11.5. The summed E-state index contributed by atoms with van der Waals surface area (Å²) in [5.74, 6) is 4.78. The molecule has 1 aromatic heterocycles. The van der Waals surface area contributed by atoms with Crippen LogP contribution in [0, 0.1) is 24.7 Å². The first-order valence-corrected chi connectivity index (χ1v) is 11.5. The van der Waals surface area contributed by atoms with Gasteiger partial charge in [-0.2, -0.15) is 0 Å². The number of unbranched alkanes of at least 4 members (excludes halogenated alkanes) is 2. The number of nitrogens with zero attached hydrogens (tertiary/aromatic N) is 2. The number of aromatic nitrogens is 2. The smallest absolute Gasteiger partial charge is 0.131 e. The quantitative estimate of drug-likeness (QED) is 0.459. The van der Waals surface area contributed by atoms with Gasteiger partial charge in [0.25, 0.3) is 0 Å². The zero-order valence-electron chi connectivity index (χ0n) is 17.3. The zero-order chi connectivity index (χ0) is 18.2. The second-order valence-electron chi connectivity index (χ2n) is 9.30. The molecule has 3 rings (SSSR count). The lowest BCUT2D eigenvalue weighted by Gasteiger charge is -2.31. The van der Waals surface area contributed by atoms with Crippen LogP contribution >= 0.6 is 0 Å². The summed E-state index contributed by atoms with van der Waals surface area (Å²) in [6.45, 7) is 4.39. The molecule has 2 nitrogen and oxygen atoms in total. The van der Waals surface area contributed by atoms with Gasteiger partial charge in [0.15, 0.2) is 0 Å². The van der Waals surface area contributed by atoms with E-state index in [9.17, 15) is 0 Å². The number of hydrogen-bond donors (Lipinski definition) is 0. The summed E-state index contributed by atoms with van der Waals surface area (Å²) >= 11 is 0. The molecule has 2 fully saturated rings. The summed E-state index contributed by atoms with van der Waals surface area (Å²) < 4.78 is 0. The van der Waals surface area contributed by atoms with E-state index in [0.717, 1.165) is 23.6 Å². The maximum atomic E-state index is 4.57. The van der Waals surface area contributed by atoms with Gasteiger partial charge in [-0.3, -0.25) is 0 Å². The van der Waals surface area contributed by atoms with Crippen molar-refractivity contribution in [2.75, 3.05) is 0 Å². The molecule has 1 aromatic rings. The van der Waals surface area contributed by atoms with Crippen molar-refractivity contribution in [2.24, 2.45) is 17.8 Å². The molecule has 0 bridgehead atoms. The Morgan fingerprint density at radius 2 is 1.23 bits per heavy atom. The molecule has 1 heterocycles. The monoisotopic (exact) mass is 356 g/mol. The van der Waals surface area contributed by atoms with Crippen molar-refractivity contribution in [3.63, 3.8) is 0 Å². The van der Waals surface area contributed by atoms with E-state index in [1.165, 1.54) is 95.5 Å². The fourth-order valence-corrected chi connectivity index (χ4v) is 5.29. The van der Waals surface area contributed by atoms with Crippen LogP contribution in [-0.4, -0.2) is 9.97 Å². The SMILES string of the molecule is CCCCC[C@H]1CC[C@H](CCC2CCC(c3ncc(C)cn3)CC2)CC1. The summed E-state index contributed by atoms with van der Waals surface area (Å²) in [6.07, 6.45) is 24.2. The Hall–Kier alpha value is -0.920. The summed E-state index contributed by atoms with van der Waals surface area (Å²) in [5.41, 5.74) is 1.17. The highest BCUT2D eigenvalue weighted by Gasteiger charge is 2.26. The van der Waals surface area contributed by atoms with E-state index in [1.807, 2.05) is 12.4 Å². The van der Waals surface area contributed by atoms with Crippen molar-refractivity contribution >= 4 is 0 Å². The molecule has 0 N–H and O–H groups in total. The van der Waals surface area contributed by atoms with E-state index >= 15 is 0 Å². The number of hydrogen-bond acceptors (Lipinski definition) is 2. The minimum Gasteiger partial charge on any atom is -0.241 e. The van der Waals surface area contributed by atoms with Gasteiger partial charge in [-0.05, 0) is 55.9 Å². The van der Waals surface area contributed by atoms with Crippen LogP contribution in [0.2, 0.25) is 0 Å². The van der Waals surface area contributed by atoms with Gasteiger partial charge < -0.3 is 0 Å². The molecule has 0 saturated heterocycles. The highest BCUT2D eigenvalue weighted by atomic mass is 14.9. The van der Waals surface area contributed by atoms with Crippen molar-refractivity contribution < 1.29 is 0 Å². The molecular weight excluding hydrogens is 316 g/mol. The first kappa shape index (κ1) is 19.8. The highest BCUT2D eigenvalue weighted by molar-refractivity contribution is 5.05. The van der Waals surface area contributed by atoms with E-state index in [1.54, 1.807) is 0 Å². The van der Waals surface area contributed by atoms with Crippen molar-refractivity contribution in [2.45, 2.75) is 110 Å². The lowest BCUT2D eigenvalue weighted by atomic mass is 9.74. The maximum Gasteiger partial charge on any atom is 0.131 e. The Bertz CT molecular complexity index is 493. The van der Waals surface area contributed by atoms with Crippen LogP contribution in [0.3, 0.4) is 0 Å². The molecule has 0 aliphatic heterocycles. The minimum absolute atomic E-state index is 0.616. The molecule has 0 spiro atoms. The van der Waals surface area contributed by atoms with Crippen LogP contribution in [0.5, 0.6) is 0 Å². The third-order valence-electron chi connectivity index (χ3n) is 7.18. The van der Waals surface area contributed by atoms with Crippen LogP contribution < -0.4 is 0 Å². The van der Waals surface area contributed by atoms with E-state index in [0.29, 0.717) is 5.92 Å². The van der Waals surface area contributed by atoms with Crippen LogP contribution in [0.15, 0.2) is 12.4 Å². The van der Waals surface area contributed by atoms with Crippen molar-refractivity contribution in [1.29, 1.82) is 0 Å². The van der Waals surface area contributed by atoms with Gasteiger partial charge in [-0.15, -0.1) is 0 Å². The molecule has 2 saturated carbocycles. The molecule has 0 atom stereocenters. The van der Waals surface area contributed by atoms with Crippen LogP contribution in [0.25, 0.3) is 0 Å². The lowest BCUT2D eigenvalue weighted by Crippen LogP contribution is -2.18. The van der Waals surface area contributed by atoms with Crippen molar-refractivity contribution in [3.8, 4) is 0 Å². The highest BCUT2D eigenvalue weighted by Crippen LogP contribution is 2.39. The van der Waals surface area contributed by atoms with E-state index in [4.69, 9.17) is 0 Å². The lowest BCUT2D eigenvalue weighted by molar-refractivity contribution is 0.221. The van der Waals surface area contributed by atoms with Gasteiger partial charge in [-0.25, -0.2) is 9.97 Å². The summed E-state index contributed by atoms with van der Waals surface area (Å²) in [5, 5.41) is 0. The van der Waals surface area contributed by atoms with E-state index < -0.39 is 0 Å². The molecule has 26 heavy (non-hydrogen) atoms. The summed E-state index contributed by atoms with van der Waals surface area (Å²) in [4.78, 5) is 9.14. The van der Waals surface area contributed by atoms with Crippen molar-refractivity contribution in [1.82, 2.24) is 9.97 Å². The Morgan fingerprint density at radius 1 is 0.731 bits per heavy atom. The third kappa shape index (κ3) is 6.06. The fourth-order valence-electron chi connectivity index (χ4n) is 5.29. The van der Waals surface area contributed by atoms with Crippen molar-refractivity contribution in [3.05, 3.63) is 23.8 Å². The van der Waals surface area contributed by atoms with Gasteiger partial charge >= 0.3 is 0 Å². The molecular formula is C24H40N2. The normalized spacial score (nSPS) is 29.6. The van der Waals surface area contributed by atoms with E-state index in [-0.39, 0.29) is 0 Å². The Morgan fingerprint density at radius 3 is 1.77 bits per heavy atom. The van der Waals surface area contributed by atoms with Gasteiger partial charge in [0.05, 0.1) is 0 Å². The third-order valence-corrected chi connectivity index (χ3v) is 7.18. The van der Waals surface area contributed by atoms with Gasteiger partial charge in [0.2, 0.25) is 0 Å². The first-order chi connectivity index (χ1) is 12.7. The van der Waals surface area contributed by atoms with Gasteiger partial charge in [0.1, 0.15) is 5.82 Å². The van der Waals surface area contributed by atoms with Gasteiger partial charge in [-0.1, -0.05) is 71.1 Å². The molecule has 2 heteroatoms. The number of rotatable bonds is 8. The summed E-state index contributed by atoms with van der Waals surface area (Å²) in [6, 6.07) is 0. The largest absolute Gasteiger partial charge is 0.241 e. The maximum absolute atomic E-state index is 4.57. The van der Waals surface area contributed by atoms with Crippen LogP contribution in [0.4, 0.5) is 0 Å². The second-order valence-corrected chi connectivity index (χ2v) is 9.30. The van der Waals surface area contributed by atoms with Crippen LogP contribution in [-0.2, 0) is 0 Å². The molecule has 0 aromatic carbocycles. The predicted octanol–water partition coefficient (Wildman–Crippen LogP) is 7.23. The standard InChI is InChI=1S/C24H40N2/c1-3-4-5-6-20-7-9-21(10-8-20)11-12-22-13-15-23(16-14-22)24-25-17-19(2)18-26-24/h17-18,20-23H,3-16H2,1-2H3/t20-,21-,22?,23?. The molecule has 0 unspecified atom stereocenters. The fraction of sp³-hybridized carbons (Fsp3) is 0.833. The molecule has 2 aliphatic carbocycles. The average molecular weight is 357 g/mol. The second kappa shape index (κ2) is 10.4. The Labute approximate surface area is 161 Å². The Balaban J connectivity index is 1.30. The molecule has 2 aliphatic rings. The van der Waals surface area contributed by atoms with Gasteiger partial charge in [0, 0.05) is 18.3 Å². The van der Waals surface area contributed by atoms with E-state index in [2.05, 4.69) is 23.8 Å². The molecule has 0 amide bonds. The molecule has 0 radical (unpaired) electrons. The topological polar surface area (TPSA) is 25.8 Å². The zero-order valence-corrected chi connectivity index (χ0v) is 17.3.